The third kappa shape index (κ3) is 5.76. The van der Waals surface area contributed by atoms with Crippen LogP contribution in [-0.2, 0) is 10.8 Å². The molecule has 3 heteroatoms. The van der Waals surface area contributed by atoms with E-state index >= 15 is 0 Å². The summed E-state index contributed by atoms with van der Waals surface area (Å²) in [5, 5.41) is 3.37. The zero-order valence-electron chi connectivity index (χ0n) is 9.26. The molecule has 0 radical (unpaired) electrons. The molecular formula is C11H23NOS. The van der Waals surface area contributed by atoms with Crippen molar-refractivity contribution < 1.29 is 4.21 Å². The second kappa shape index (κ2) is 7.41. The van der Waals surface area contributed by atoms with E-state index in [1.54, 1.807) is 6.26 Å². The van der Waals surface area contributed by atoms with Crippen molar-refractivity contribution in [2.75, 3.05) is 25.1 Å². The first-order chi connectivity index (χ1) is 6.79. The Labute approximate surface area is 90.3 Å². The molecule has 1 unspecified atom stereocenters. The molecule has 84 valence electrons. The molecule has 0 spiro atoms. The van der Waals surface area contributed by atoms with Crippen molar-refractivity contribution in [3.8, 4) is 0 Å². The van der Waals surface area contributed by atoms with Crippen LogP contribution in [0.2, 0.25) is 0 Å². The van der Waals surface area contributed by atoms with Gasteiger partial charge in [-0.3, -0.25) is 4.21 Å². The van der Waals surface area contributed by atoms with E-state index in [1.807, 2.05) is 0 Å². The van der Waals surface area contributed by atoms with Crippen molar-refractivity contribution in [2.45, 2.75) is 38.5 Å². The molecule has 1 saturated carbocycles. The Hall–Kier alpha value is 0.110. The number of hydrogen-bond acceptors (Lipinski definition) is 2. The molecule has 2 nitrogen and oxygen atoms in total. The van der Waals surface area contributed by atoms with Gasteiger partial charge in [0.1, 0.15) is 0 Å². The number of rotatable bonds is 6. The van der Waals surface area contributed by atoms with Gasteiger partial charge < -0.3 is 5.32 Å². The highest BCUT2D eigenvalue weighted by Crippen LogP contribution is 2.25. The molecule has 0 aromatic rings. The van der Waals surface area contributed by atoms with E-state index < -0.39 is 10.8 Å². The van der Waals surface area contributed by atoms with Crippen LogP contribution in [0, 0.1) is 5.92 Å². The molecular weight excluding hydrogens is 194 g/mol. The summed E-state index contributed by atoms with van der Waals surface area (Å²) in [6.07, 6.45) is 10.3. The van der Waals surface area contributed by atoms with Crippen LogP contribution >= 0.6 is 0 Å². The molecule has 1 rings (SSSR count). The van der Waals surface area contributed by atoms with Crippen LogP contribution in [0.5, 0.6) is 0 Å². The lowest BCUT2D eigenvalue weighted by Gasteiger charge is -2.21. The average Bonchev–Trinajstić information content (AvgIpc) is 2.18. The fraction of sp³-hybridized carbons (Fsp3) is 1.00. The summed E-state index contributed by atoms with van der Waals surface area (Å²) in [4.78, 5) is 0. The summed E-state index contributed by atoms with van der Waals surface area (Å²) < 4.78 is 10.8. The minimum absolute atomic E-state index is 0.636. The number of nitrogens with one attached hydrogen (secondary N) is 1. The molecule has 0 saturated heterocycles. The standard InChI is InChI=1S/C11H23NOS/c1-14(13)10-9-12-8-7-11-5-3-2-4-6-11/h11-12H,2-10H2,1H3. The summed E-state index contributed by atoms with van der Waals surface area (Å²) in [5.41, 5.74) is 0. The first-order valence-corrected chi connectivity index (χ1v) is 7.52. The van der Waals surface area contributed by atoms with Crippen LogP contribution in [0.4, 0.5) is 0 Å². The lowest BCUT2D eigenvalue weighted by Crippen LogP contribution is -2.23. The van der Waals surface area contributed by atoms with Crippen LogP contribution in [0.15, 0.2) is 0 Å². The molecule has 0 aromatic carbocycles. The third-order valence-electron chi connectivity index (χ3n) is 3.02. The Morgan fingerprint density at radius 1 is 1.21 bits per heavy atom. The first kappa shape index (κ1) is 12.2. The van der Waals surface area contributed by atoms with E-state index in [-0.39, 0.29) is 0 Å². The van der Waals surface area contributed by atoms with E-state index in [4.69, 9.17) is 0 Å². The van der Waals surface area contributed by atoms with Crippen molar-refractivity contribution >= 4 is 10.8 Å². The molecule has 1 atom stereocenters. The maximum Gasteiger partial charge on any atom is 0.0357 e. The van der Waals surface area contributed by atoms with Crippen molar-refractivity contribution in [3.63, 3.8) is 0 Å². The van der Waals surface area contributed by atoms with Crippen molar-refractivity contribution in [1.82, 2.24) is 5.32 Å². The highest BCUT2D eigenvalue weighted by atomic mass is 32.2. The molecule has 1 fully saturated rings. The molecule has 1 aliphatic carbocycles. The molecule has 0 aromatic heterocycles. The monoisotopic (exact) mass is 217 g/mol. The fourth-order valence-corrected chi connectivity index (χ4v) is 2.55. The minimum atomic E-state index is -0.636. The normalized spacial score (nSPS) is 20.9. The summed E-state index contributed by atoms with van der Waals surface area (Å²) in [7, 11) is -0.636. The highest BCUT2D eigenvalue weighted by molar-refractivity contribution is 7.84. The van der Waals surface area contributed by atoms with Gasteiger partial charge >= 0.3 is 0 Å². The number of hydrogen-bond donors (Lipinski definition) is 1. The summed E-state index contributed by atoms with van der Waals surface area (Å²) >= 11 is 0. The Morgan fingerprint density at radius 2 is 1.93 bits per heavy atom. The Morgan fingerprint density at radius 3 is 2.57 bits per heavy atom. The predicted molar refractivity (Wildman–Crippen MR) is 63.0 cm³/mol. The Balaban J connectivity index is 1.90. The van der Waals surface area contributed by atoms with Crippen LogP contribution in [0.1, 0.15) is 38.5 Å². The SMILES string of the molecule is CS(=O)CCNCCC1CCCCC1. The van der Waals surface area contributed by atoms with E-state index in [0.717, 1.165) is 24.8 Å². The predicted octanol–water partition coefficient (Wildman–Crippen LogP) is 1.92. The smallest absolute Gasteiger partial charge is 0.0357 e. The largest absolute Gasteiger partial charge is 0.316 e. The lowest BCUT2D eigenvalue weighted by molar-refractivity contribution is 0.335. The van der Waals surface area contributed by atoms with Gasteiger partial charge in [0, 0.05) is 29.4 Å². The summed E-state index contributed by atoms with van der Waals surface area (Å²) in [6, 6.07) is 0. The van der Waals surface area contributed by atoms with E-state index in [1.165, 1.54) is 38.5 Å². The average molecular weight is 217 g/mol. The maximum absolute atomic E-state index is 10.8. The van der Waals surface area contributed by atoms with E-state index in [2.05, 4.69) is 5.32 Å². The van der Waals surface area contributed by atoms with Gasteiger partial charge in [-0.25, -0.2) is 0 Å². The van der Waals surface area contributed by atoms with Gasteiger partial charge in [0.2, 0.25) is 0 Å². The van der Waals surface area contributed by atoms with Crippen LogP contribution in [0.25, 0.3) is 0 Å². The van der Waals surface area contributed by atoms with Gasteiger partial charge in [-0.05, 0) is 18.9 Å². The van der Waals surface area contributed by atoms with Gasteiger partial charge in [0.05, 0.1) is 0 Å². The molecule has 0 bridgehead atoms. The summed E-state index contributed by atoms with van der Waals surface area (Å²) in [6.45, 7) is 2.03. The minimum Gasteiger partial charge on any atom is -0.316 e. The van der Waals surface area contributed by atoms with Gasteiger partial charge in [0.15, 0.2) is 0 Å². The van der Waals surface area contributed by atoms with Gasteiger partial charge in [-0.2, -0.15) is 0 Å². The van der Waals surface area contributed by atoms with Crippen molar-refractivity contribution in [3.05, 3.63) is 0 Å². The van der Waals surface area contributed by atoms with Crippen LogP contribution < -0.4 is 5.32 Å². The topological polar surface area (TPSA) is 29.1 Å². The first-order valence-electron chi connectivity index (χ1n) is 5.80. The molecule has 0 amide bonds. The fourth-order valence-electron chi connectivity index (χ4n) is 2.12. The summed E-state index contributed by atoms with van der Waals surface area (Å²) in [5.74, 6) is 1.76. The molecule has 0 aliphatic heterocycles. The van der Waals surface area contributed by atoms with Gasteiger partial charge in [0.25, 0.3) is 0 Å². The second-order valence-electron chi connectivity index (χ2n) is 4.32. The van der Waals surface area contributed by atoms with E-state index in [0.29, 0.717) is 0 Å². The quantitative estimate of drug-likeness (QED) is 0.689. The van der Waals surface area contributed by atoms with Crippen molar-refractivity contribution in [2.24, 2.45) is 5.92 Å². The molecule has 1 aliphatic rings. The molecule has 1 N–H and O–H groups in total. The Bertz CT molecular complexity index is 167. The van der Waals surface area contributed by atoms with Crippen LogP contribution in [-0.4, -0.2) is 29.3 Å². The van der Waals surface area contributed by atoms with Gasteiger partial charge in [-0.15, -0.1) is 0 Å². The maximum atomic E-state index is 10.8. The van der Waals surface area contributed by atoms with E-state index in [9.17, 15) is 4.21 Å². The Kier molecular flexibility index (Phi) is 6.45. The molecule has 0 heterocycles. The molecule has 14 heavy (non-hydrogen) atoms. The van der Waals surface area contributed by atoms with Crippen LogP contribution in [0.3, 0.4) is 0 Å². The lowest BCUT2D eigenvalue weighted by atomic mass is 9.87. The highest BCUT2D eigenvalue weighted by Gasteiger charge is 2.12. The second-order valence-corrected chi connectivity index (χ2v) is 5.87. The zero-order valence-corrected chi connectivity index (χ0v) is 10.1. The van der Waals surface area contributed by atoms with Crippen molar-refractivity contribution in [1.29, 1.82) is 0 Å². The zero-order chi connectivity index (χ0) is 10.2. The van der Waals surface area contributed by atoms with Gasteiger partial charge in [-0.1, -0.05) is 32.1 Å². The third-order valence-corrected chi connectivity index (χ3v) is 3.80.